The normalized spacial score (nSPS) is 13.2. The predicted octanol–water partition coefficient (Wildman–Crippen LogP) is 5.65. The molecule has 0 amide bonds. The molecule has 1 unspecified atom stereocenters. The predicted molar refractivity (Wildman–Crippen MR) is 83.8 cm³/mol. The lowest BCUT2D eigenvalue weighted by Gasteiger charge is -2.20. The van der Waals surface area contributed by atoms with Crippen LogP contribution >= 0.6 is 11.6 Å². The fourth-order valence-electron chi connectivity index (χ4n) is 2.18. The molecule has 0 aliphatic rings. The second kappa shape index (κ2) is 5.97. The smallest absolute Gasteiger partial charge is 0.123 e. The maximum atomic E-state index is 13.2. The first-order chi connectivity index (χ1) is 9.36. The fraction of sp³-hybridized carbons (Fsp3) is 0.333. The summed E-state index contributed by atoms with van der Waals surface area (Å²) in [5.41, 5.74) is 3.42. The Bertz CT molecular complexity index is 567. The molecule has 2 aromatic rings. The molecule has 2 heteroatoms. The van der Waals surface area contributed by atoms with E-state index in [9.17, 15) is 4.39 Å². The van der Waals surface area contributed by atoms with E-state index in [2.05, 4.69) is 45.0 Å². The second-order valence-corrected chi connectivity index (χ2v) is 6.70. The Hall–Kier alpha value is -1.34. The lowest BCUT2D eigenvalue weighted by Crippen LogP contribution is -2.10. The lowest BCUT2D eigenvalue weighted by molar-refractivity contribution is 0.590. The average molecular weight is 291 g/mol. The largest absolute Gasteiger partial charge is 0.207 e. The molecule has 0 fully saturated rings. The van der Waals surface area contributed by atoms with Crippen molar-refractivity contribution in [1.82, 2.24) is 0 Å². The molecular weight excluding hydrogens is 271 g/mol. The van der Waals surface area contributed by atoms with Crippen molar-refractivity contribution in [2.45, 2.75) is 38.0 Å². The summed E-state index contributed by atoms with van der Waals surface area (Å²) in [5, 5.41) is -0.134. The number of rotatable bonds is 3. The van der Waals surface area contributed by atoms with Gasteiger partial charge in [0.25, 0.3) is 0 Å². The number of hydrogen-bond acceptors (Lipinski definition) is 0. The number of halogens is 2. The Kier molecular flexibility index (Phi) is 4.49. The van der Waals surface area contributed by atoms with E-state index in [0.717, 1.165) is 11.1 Å². The van der Waals surface area contributed by atoms with Crippen LogP contribution in [0.4, 0.5) is 4.39 Å². The molecule has 0 saturated carbocycles. The van der Waals surface area contributed by atoms with Crippen molar-refractivity contribution in [3.8, 4) is 0 Å². The molecule has 0 bridgehead atoms. The van der Waals surface area contributed by atoms with Gasteiger partial charge in [-0.2, -0.15) is 0 Å². The monoisotopic (exact) mass is 290 g/mol. The zero-order valence-corrected chi connectivity index (χ0v) is 12.9. The van der Waals surface area contributed by atoms with E-state index in [1.54, 1.807) is 12.1 Å². The topological polar surface area (TPSA) is 0 Å². The summed E-state index contributed by atoms with van der Waals surface area (Å²) in [4.78, 5) is 0. The first kappa shape index (κ1) is 15.1. The molecule has 106 valence electrons. The molecule has 0 aliphatic carbocycles. The van der Waals surface area contributed by atoms with Crippen molar-refractivity contribution < 1.29 is 4.39 Å². The third-order valence-corrected chi connectivity index (χ3v) is 3.85. The van der Waals surface area contributed by atoms with Gasteiger partial charge in [0.15, 0.2) is 0 Å². The standard InChI is InChI=1S/C18H20ClF/c1-18(2,3)15-9-7-14(8-10-15)17(19)12-13-5-4-6-16(20)11-13/h4-11,17H,12H2,1-3H3. The Balaban J connectivity index is 2.11. The second-order valence-electron chi connectivity index (χ2n) is 6.17. The van der Waals surface area contributed by atoms with E-state index in [0.29, 0.717) is 6.42 Å². The molecule has 0 spiro atoms. The molecule has 0 nitrogen and oxygen atoms in total. The van der Waals surface area contributed by atoms with Crippen LogP contribution in [0.2, 0.25) is 0 Å². The summed E-state index contributed by atoms with van der Waals surface area (Å²) in [7, 11) is 0. The quantitative estimate of drug-likeness (QED) is 0.641. The zero-order chi connectivity index (χ0) is 14.8. The molecule has 2 rings (SSSR count). The summed E-state index contributed by atoms with van der Waals surface area (Å²) >= 11 is 6.44. The van der Waals surface area contributed by atoms with Crippen LogP contribution in [0.25, 0.3) is 0 Å². The Morgan fingerprint density at radius 2 is 1.70 bits per heavy atom. The highest BCUT2D eigenvalue weighted by Gasteiger charge is 2.15. The molecule has 0 N–H and O–H groups in total. The maximum Gasteiger partial charge on any atom is 0.123 e. The van der Waals surface area contributed by atoms with Gasteiger partial charge in [0, 0.05) is 0 Å². The highest BCUT2D eigenvalue weighted by Crippen LogP contribution is 2.28. The van der Waals surface area contributed by atoms with Crippen LogP contribution in [0.15, 0.2) is 48.5 Å². The van der Waals surface area contributed by atoms with Crippen molar-refractivity contribution in [2.24, 2.45) is 0 Å². The Morgan fingerprint density at radius 1 is 1.05 bits per heavy atom. The molecule has 0 aromatic heterocycles. The molecule has 0 heterocycles. The van der Waals surface area contributed by atoms with Crippen LogP contribution in [0, 0.1) is 5.82 Å². The molecular formula is C18H20ClF. The van der Waals surface area contributed by atoms with Gasteiger partial charge in [-0.05, 0) is 40.7 Å². The van der Waals surface area contributed by atoms with Crippen LogP contribution < -0.4 is 0 Å². The molecule has 20 heavy (non-hydrogen) atoms. The minimum Gasteiger partial charge on any atom is -0.207 e. The van der Waals surface area contributed by atoms with Crippen LogP contribution in [-0.4, -0.2) is 0 Å². The van der Waals surface area contributed by atoms with E-state index >= 15 is 0 Å². The molecule has 0 saturated heterocycles. The first-order valence-electron chi connectivity index (χ1n) is 6.85. The SMILES string of the molecule is CC(C)(C)c1ccc(C(Cl)Cc2cccc(F)c2)cc1. The number of hydrogen-bond donors (Lipinski definition) is 0. The van der Waals surface area contributed by atoms with Gasteiger partial charge in [0.05, 0.1) is 5.38 Å². The first-order valence-corrected chi connectivity index (χ1v) is 7.29. The summed E-state index contributed by atoms with van der Waals surface area (Å²) in [6.45, 7) is 6.56. The maximum absolute atomic E-state index is 13.2. The van der Waals surface area contributed by atoms with Crippen molar-refractivity contribution in [3.63, 3.8) is 0 Å². The minimum atomic E-state index is -0.213. The number of benzene rings is 2. The molecule has 1 atom stereocenters. The van der Waals surface area contributed by atoms with Gasteiger partial charge in [0.1, 0.15) is 5.82 Å². The van der Waals surface area contributed by atoms with Gasteiger partial charge in [-0.15, -0.1) is 11.6 Å². The molecule has 2 aromatic carbocycles. The van der Waals surface area contributed by atoms with Crippen LogP contribution in [0.1, 0.15) is 42.8 Å². The van der Waals surface area contributed by atoms with Crippen LogP contribution in [0.5, 0.6) is 0 Å². The zero-order valence-electron chi connectivity index (χ0n) is 12.2. The highest BCUT2D eigenvalue weighted by molar-refractivity contribution is 6.20. The van der Waals surface area contributed by atoms with Gasteiger partial charge in [-0.1, -0.05) is 57.2 Å². The van der Waals surface area contributed by atoms with Crippen LogP contribution in [-0.2, 0) is 11.8 Å². The molecule has 0 aliphatic heterocycles. The van der Waals surface area contributed by atoms with E-state index in [1.165, 1.54) is 11.6 Å². The average Bonchev–Trinajstić information content (AvgIpc) is 2.38. The Morgan fingerprint density at radius 3 is 2.25 bits per heavy atom. The summed E-state index contributed by atoms with van der Waals surface area (Å²) in [6.07, 6.45) is 0.633. The van der Waals surface area contributed by atoms with Crippen molar-refractivity contribution in [3.05, 3.63) is 71.0 Å². The van der Waals surface area contributed by atoms with E-state index in [1.807, 2.05) is 6.07 Å². The summed E-state index contributed by atoms with van der Waals surface area (Å²) in [6, 6.07) is 15.0. The van der Waals surface area contributed by atoms with E-state index in [-0.39, 0.29) is 16.6 Å². The molecule has 0 radical (unpaired) electrons. The van der Waals surface area contributed by atoms with Crippen LogP contribution in [0.3, 0.4) is 0 Å². The lowest BCUT2D eigenvalue weighted by atomic mass is 9.86. The highest BCUT2D eigenvalue weighted by atomic mass is 35.5. The minimum absolute atomic E-state index is 0.134. The third kappa shape index (κ3) is 3.83. The van der Waals surface area contributed by atoms with Gasteiger partial charge >= 0.3 is 0 Å². The van der Waals surface area contributed by atoms with Crippen molar-refractivity contribution >= 4 is 11.6 Å². The van der Waals surface area contributed by atoms with Gasteiger partial charge in [-0.3, -0.25) is 0 Å². The summed E-state index contributed by atoms with van der Waals surface area (Å²) < 4.78 is 13.2. The fourth-order valence-corrected chi connectivity index (χ4v) is 2.50. The van der Waals surface area contributed by atoms with E-state index < -0.39 is 0 Å². The number of alkyl halides is 1. The van der Waals surface area contributed by atoms with Crippen molar-refractivity contribution in [2.75, 3.05) is 0 Å². The van der Waals surface area contributed by atoms with E-state index in [4.69, 9.17) is 11.6 Å². The third-order valence-electron chi connectivity index (χ3n) is 3.44. The van der Waals surface area contributed by atoms with Gasteiger partial charge < -0.3 is 0 Å². The van der Waals surface area contributed by atoms with Crippen molar-refractivity contribution in [1.29, 1.82) is 0 Å². The van der Waals surface area contributed by atoms with Gasteiger partial charge in [0.2, 0.25) is 0 Å². The Labute approximate surface area is 125 Å². The summed E-state index contributed by atoms with van der Waals surface area (Å²) in [5.74, 6) is -0.213. The van der Waals surface area contributed by atoms with Gasteiger partial charge in [-0.25, -0.2) is 4.39 Å².